The van der Waals surface area contributed by atoms with Crippen molar-refractivity contribution in [2.24, 2.45) is 0 Å². The molecule has 126 valence electrons. The van der Waals surface area contributed by atoms with E-state index in [-0.39, 0.29) is 31.6 Å². The average Bonchev–Trinajstić information content (AvgIpc) is 2.56. The Kier molecular flexibility index (Phi) is 6.91. The Balaban J connectivity index is 1.57. The van der Waals surface area contributed by atoms with E-state index in [1.165, 1.54) is 6.42 Å². The number of hydrogen-bond acceptors (Lipinski definition) is 4. The first-order valence-corrected chi connectivity index (χ1v) is 8.28. The topological polar surface area (TPSA) is 64.6 Å². The van der Waals surface area contributed by atoms with Gasteiger partial charge >= 0.3 is 5.97 Å². The third-order valence-corrected chi connectivity index (χ3v) is 3.93. The van der Waals surface area contributed by atoms with E-state index in [9.17, 15) is 9.59 Å². The van der Waals surface area contributed by atoms with Gasteiger partial charge in [-0.2, -0.15) is 0 Å². The molecule has 1 fully saturated rings. The highest BCUT2D eigenvalue weighted by molar-refractivity contribution is 5.80. The minimum absolute atomic E-state index is 0.130. The molecule has 5 heteroatoms. The second-order valence-corrected chi connectivity index (χ2v) is 5.97. The summed E-state index contributed by atoms with van der Waals surface area (Å²) in [5.74, 6) is 0.0825. The van der Waals surface area contributed by atoms with Gasteiger partial charge in [0.15, 0.2) is 6.61 Å². The monoisotopic (exact) mass is 319 g/mol. The van der Waals surface area contributed by atoms with E-state index in [0.717, 1.165) is 37.0 Å². The van der Waals surface area contributed by atoms with Gasteiger partial charge in [-0.15, -0.1) is 0 Å². The molecule has 1 amide bonds. The van der Waals surface area contributed by atoms with Crippen LogP contribution in [0.2, 0.25) is 0 Å². The highest BCUT2D eigenvalue weighted by atomic mass is 16.5. The van der Waals surface area contributed by atoms with E-state index in [4.69, 9.17) is 9.47 Å². The fourth-order valence-electron chi connectivity index (χ4n) is 2.62. The lowest BCUT2D eigenvalue weighted by molar-refractivity contribution is -0.149. The normalized spacial score (nSPS) is 15.0. The predicted octanol–water partition coefficient (Wildman–Crippen LogP) is 2.76. The first kappa shape index (κ1) is 17.3. The van der Waals surface area contributed by atoms with Gasteiger partial charge in [-0.05, 0) is 31.9 Å². The molecule has 2 rings (SSSR count). The second kappa shape index (κ2) is 9.18. The van der Waals surface area contributed by atoms with E-state index in [0.29, 0.717) is 0 Å². The van der Waals surface area contributed by atoms with E-state index in [1.807, 2.05) is 31.2 Å². The molecule has 0 heterocycles. The smallest absolute Gasteiger partial charge is 0.309 e. The number of aryl methyl sites for hydroxylation is 1. The van der Waals surface area contributed by atoms with Gasteiger partial charge in [-0.25, -0.2) is 0 Å². The molecular formula is C18H25NO4. The van der Waals surface area contributed by atoms with Gasteiger partial charge in [0.1, 0.15) is 5.75 Å². The number of rotatable bonds is 7. The summed E-state index contributed by atoms with van der Waals surface area (Å²) in [6.45, 7) is 2.03. The minimum atomic E-state index is -0.420. The molecule has 0 spiro atoms. The van der Waals surface area contributed by atoms with Gasteiger partial charge < -0.3 is 14.8 Å². The van der Waals surface area contributed by atoms with Crippen molar-refractivity contribution in [2.75, 3.05) is 13.2 Å². The van der Waals surface area contributed by atoms with E-state index in [2.05, 4.69) is 5.32 Å². The standard InChI is InChI=1S/C18H25NO4/c1-14-7-9-16(10-8-14)22-12-11-18(21)23-13-17(20)19-15-5-3-2-4-6-15/h7-10,15H,2-6,11-13H2,1H3,(H,19,20). The van der Waals surface area contributed by atoms with Crippen molar-refractivity contribution in [1.29, 1.82) is 0 Å². The first-order chi connectivity index (χ1) is 11.1. The van der Waals surface area contributed by atoms with Gasteiger partial charge in [-0.3, -0.25) is 9.59 Å². The summed E-state index contributed by atoms with van der Waals surface area (Å²) in [7, 11) is 0. The summed E-state index contributed by atoms with van der Waals surface area (Å²) < 4.78 is 10.4. The highest BCUT2D eigenvalue weighted by Crippen LogP contribution is 2.17. The van der Waals surface area contributed by atoms with Crippen molar-refractivity contribution in [2.45, 2.75) is 51.5 Å². The summed E-state index contributed by atoms with van der Waals surface area (Å²) >= 11 is 0. The highest BCUT2D eigenvalue weighted by Gasteiger charge is 2.16. The van der Waals surface area contributed by atoms with Crippen molar-refractivity contribution in [3.63, 3.8) is 0 Å². The molecule has 23 heavy (non-hydrogen) atoms. The van der Waals surface area contributed by atoms with Crippen molar-refractivity contribution in [1.82, 2.24) is 5.32 Å². The maximum Gasteiger partial charge on any atom is 0.309 e. The molecule has 0 atom stereocenters. The number of benzene rings is 1. The van der Waals surface area contributed by atoms with Crippen molar-refractivity contribution in [3.8, 4) is 5.75 Å². The summed E-state index contributed by atoms with van der Waals surface area (Å²) in [6.07, 6.45) is 5.71. The molecule has 5 nitrogen and oxygen atoms in total. The van der Waals surface area contributed by atoms with Crippen molar-refractivity contribution < 1.29 is 19.1 Å². The molecule has 0 saturated heterocycles. The third kappa shape index (κ3) is 6.72. The number of carbonyl (C=O) groups is 2. The third-order valence-electron chi connectivity index (χ3n) is 3.93. The first-order valence-electron chi connectivity index (χ1n) is 8.28. The molecular weight excluding hydrogens is 294 g/mol. The fraction of sp³-hybridized carbons (Fsp3) is 0.556. The lowest BCUT2D eigenvalue weighted by Gasteiger charge is -2.22. The molecule has 1 saturated carbocycles. The number of esters is 1. The van der Waals surface area contributed by atoms with Crippen LogP contribution in [0.5, 0.6) is 5.75 Å². The number of carbonyl (C=O) groups excluding carboxylic acids is 2. The van der Waals surface area contributed by atoms with E-state index < -0.39 is 5.97 Å². The quantitative estimate of drug-likeness (QED) is 0.785. The number of ether oxygens (including phenoxy) is 2. The van der Waals surface area contributed by atoms with Gasteiger partial charge in [0.2, 0.25) is 0 Å². The van der Waals surface area contributed by atoms with Crippen LogP contribution in [-0.2, 0) is 14.3 Å². The Morgan fingerprint density at radius 2 is 1.83 bits per heavy atom. The molecule has 1 aromatic rings. The van der Waals surface area contributed by atoms with Crippen LogP contribution in [0.3, 0.4) is 0 Å². The Labute approximate surface area is 137 Å². The molecule has 0 unspecified atom stereocenters. The van der Waals surface area contributed by atoms with Crippen LogP contribution >= 0.6 is 0 Å². The lowest BCUT2D eigenvalue weighted by Crippen LogP contribution is -2.38. The zero-order valence-corrected chi connectivity index (χ0v) is 13.7. The fourth-order valence-corrected chi connectivity index (χ4v) is 2.62. The maximum atomic E-state index is 11.7. The van der Waals surface area contributed by atoms with Crippen LogP contribution in [0.15, 0.2) is 24.3 Å². The SMILES string of the molecule is Cc1ccc(OCCC(=O)OCC(=O)NC2CCCCC2)cc1. The zero-order valence-electron chi connectivity index (χ0n) is 13.7. The van der Waals surface area contributed by atoms with Crippen LogP contribution in [0.25, 0.3) is 0 Å². The maximum absolute atomic E-state index is 11.7. The molecule has 1 N–H and O–H groups in total. The number of hydrogen-bond donors (Lipinski definition) is 1. The summed E-state index contributed by atoms with van der Waals surface area (Å²) in [6, 6.07) is 7.85. The van der Waals surface area contributed by atoms with Crippen LogP contribution in [0.1, 0.15) is 44.1 Å². The largest absolute Gasteiger partial charge is 0.493 e. The van der Waals surface area contributed by atoms with Gasteiger partial charge in [0.05, 0.1) is 13.0 Å². The average molecular weight is 319 g/mol. The van der Waals surface area contributed by atoms with Gasteiger partial charge in [-0.1, -0.05) is 37.0 Å². The Bertz CT molecular complexity index is 506. The molecule has 1 aliphatic carbocycles. The Morgan fingerprint density at radius 1 is 1.13 bits per heavy atom. The van der Waals surface area contributed by atoms with Crippen molar-refractivity contribution >= 4 is 11.9 Å². The predicted molar refractivity (Wildman–Crippen MR) is 87.3 cm³/mol. The van der Waals surface area contributed by atoms with Crippen LogP contribution in [0.4, 0.5) is 0 Å². The van der Waals surface area contributed by atoms with Gasteiger partial charge in [0.25, 0.3) is 5.91 Å². The summed E-state index contributed by atoms with van der Waals surface area (Å²) in [5.41, 5.74) is 1.15. The minimum Gasteiger partial charge on any atom is -0.493 e. The second-order valence-electron chi connectivity index (χ2n) is 5.97. The molecule has 0 radical (unpaired) electrons. The summed E-state index contributed by atoms with van der Waals surface area (Å²) in [5, 5.41) is 2.91. The van der Waals surface area contributed by atoms with E-state index in [1.54, 1.807) is 0 Å². The molecule has 0 aliphatic heterocycles. The molecule has 0 aromatic heterocycles. The molecule has 0 bridgehead atoms. The van der Waals surface area contributed by atoms with Crippen LogP contribution in [-0.4, -0.2) is 31.1 Å². The molecule has 1 aliphatic rings. The van der Waals surface area contributed by atoms with Crippen LogP contribution < -0.4 is 10.1 Å². The lowest BCUT2D eigenvalue weighted by atomic mass is 9.95. The molecule has 1 aromatic carbocycles. The van der Waals surface area contributed by atoms with Gasteiger partial charge in [0, 0.05) is 6.04 Å². The van der Waals surface area contributed by atoms with E-state index >= 15 is 0 Å². The number of amides is 1. The van der Waals surface area contributed by atoms with Crippen molar-refractivity contribution in [3.05, 3.63) is 29.8 Å². The Hall–Kier alpha value is -2.04. The summed E-state index contributed by atoms with van der Waals surface area (Å²) in [4.78, 5) is 23.3. The van der Waals surface area contributed by atoms with Crippen LogP contribution in [0, 0.1) is 6.92 Å². The zero-order chi connectivity index (χ0) is 16.5. The number of nitrogens with one attached hydrogen (secondary N) is 1. The Morgan fingerprint density at radius 3 is 2.52 bits per heavy atom.